The van der Waals surface area contributed by atoms with Gasteiger partial charge in [-0.05, 0) is 12.2 Å². The van der Waals surface area contributed by atoms with Crippen LogP contribution in [-0.2, 0) is 4.84 Å². The lowest BCUT2D eigenvalue weighted by Crippen LogP contribution is -2.20. The maximum Gasteiger partial charge on any atom is 0.186 e. The molecule has 1 aliphatic heterocycles. The zero-order valence-electron chi connectivity index (χ0n) is 4.74. The van der Waals surface area contributed by atoms with Gasteiger partial charge in [0.1, 0.15) is 6.26 Å². The highest BCUT2D eigenvalue weighted by atomic mass is 16.6. The molecule has 0 radical (unpaired) electrons. The molecule has 0 atom stereocenters. The third-order valence-electron chi connectivity index (χ3n) is 0.862. The summed E-state index contributed by atoms with van der Waals surface area (Å²) in [5.41, 5.74) is 11.0. The van der Waals surface area contributed by atoms with Gasteiger partial charge in [-0.1, -0.05) is 5.16 Å². The van der Waals surface area contributed by atoms with Crippen molar-refractivity contribution >= 4 is 5.84 Å². The number of oxime groups is 1. The van der Waals surface area contributed by atoms with Crippen LogP contribution in [0.5, 0.6) is 0 Å². The minimum absolute atomic E-state index is 0.208. The summed E-state index contributed by atoms with van der Waals surface area (Å²) in [7, 11) is 0. The summed E-state index contributed by atoms with van der Waals surface area (Å²) in [5, 5.41) is 3.42. The number of amidine groups is 1. The number of rotatable bonds is 0. The van der Waals surface area contributed by atoms with Crippen LogP contribution in [0.2, 0.25) is 0 Å². The Morgan fingerprint density at radius 3 is 3.00 bits per heavy atom. The summed E-state index contributed by atoms with van der Waals surface area (Å²) in [6.45, 7) is 0. The Labute approximate surface area is 52.5 Å². The molecule has 48 valence electrons. The van der Waals surface area contributed by atoms with E-state index < -0.39 is 0 Å². The van der Waals surface area contributed by atoms with E-state index in [4.69, 9.17) is 11.5 Å². The van der Waals surface area contributed by atoms with Gasteiger partial charge in [0.2, 0.25) is 0 Å². The zero-order chi connectivity index (χ0) is 6.69. The second-order valence-corrected chi connectivity index (χ2v) is 1.53. The molecule has 0 bridgehead atoms. The Morgan fingerprint density at radius 1 is 1.44 bits per heavy atom. The molecule has 4 heteroatoms. The van der Waals surface area contributed by atoms with E-state index in [2.05, 4.69) is 9.99 Å². The molecule has 0 aromatic heterocycles. The maximum atomic E-state index is 5.35. The summed E-state index contributed by atoms with van der Waals surface area (Å²) in [5.74, 6) is 0.208. The average molecular weight is 125 g/mol. The molecule has 0 saturated heterocycles. The van der Waals surface area contributed by atoms with Crippen LogP contribution in [-0.4, -0.2) is 5.84 Å². The van der Waals surface area contributed by atoms with Crippen molar-refractivity contribution < 1.29 is 4.84 Å². The van der Waals surface area contributed by atoms with Crippen molar-refractivity contribution in [2.75, 3.05) is 0 Å². The van der Waals surface area contributed by atoms with Gasteiger partial charge in [0, 0.05) is 0 Å². The van der Waals surface area contributed by atoms with E-state index in [0.29, 0.717) is 5.70 Å². The predicted molar refractivity (Wildman–Crippen MR) is 34.1 cm³/mol. The van der Waals surface area contributed by atoms with E-state index >= 15 is 0 Å². The van der Waals surface area contributed by atoms with Gasteiger partial charge in [-0.2, -0.15) is 0 Å². The Morgan fingerprint density at radius 2 is 2.22 bits per heavy atom. The van der Waals surface area contributed by atoms with Crippen LogP contribution in [0.1, 0.15) is 0 Å². The maximum absolute atomic E-state index is 5.35. The number of nitrogens with two attached hydrogens (primary N) is 2. The fourth-order valence-corrected chi connectivity index (χ4v) is 0.403. The SMILES string of the molecule is NC1=CC=CON=C1N. The Kier molecular flexibility index (Phi) is 1.40. The van der Waals surface area contributed by atoms with Crippen molar-refractivity contribution in [1.29, 1.82) is 0 Å². The van der Waals surface area contributed by atoms with Crippen molar-refractivity contribution in [2.24, 2.45) is 16.6 Å². The molecule has 0 spiro atoms. The lowest BCUT2D eigenvalue weighted by molar-refractivity contribution is 0.269. The smallest absolute Gasteiger partial charge is 0.186 e. The fourth-order valence-electron chi connectivity index (χ4n) is 0.403. The molecule has 0 aliphatic carbocycles. The molecule has 4 nitrogen and oxygen atoms in total. The summed E-state index contributed by atoms with van der Waals surface area (Å²) in [6, 6.07) is 0. The van der Waals surface area contributed by atoms with Gasteiger partial charge in [-0.25, -0.2) is 0 Å². The number of allylic oxidation sites excluding steroid dienone is 2. The van der Waals surface area contributed by atoms with Crippen LogP contribution >= 0.6 is 0 Å². The molecular formula is C5H7N3O. The molecular weight excluding hydrogens is 118 g/mol. The molecule has 0 aromatic carbocycles. The van der Waals surface area contributed by atoms with Crippen molar-refractivity contribution in [2.45, 2.75) is 0 Å². The Bertz CT molecular complexity index is 192. The van der Waals surface area contributed by atoms with E-state index in [9.17, 15) is 0 Å². The van der Waals surface area contributed by atoms with Crippen LogP contribution in [0.25, 0.3) is 0 Å². The quantitative estimate of drug-likeness (QED) is 0.464. The number of nitrogens with zero attached hydrogens (tertiary/aromatic N) is 1. The van der Waals surface area contributed by atoms with E-state index in [-0.39, 0.29) is 5.84 Å². The van der Waals surface area contributed by atoms with Gasteiger partial charge < -0.3 is 16.3 Å². The summed E-state index contributed by atoms with van der Waals surface area (Å²) in [4.78, 5) is 4.53. The Balaban J connectivity index is 2.85. The van der Waals surface area contributed by atoms with Crippen molar-refractivity contribution in [3.05, 3.63) is 24.1 Å². The molecule has 0 unspecified atom stereocenters. The molecule has 0 fully saturated rings. The highest BCUT2D eigenvalue weighted by molar-refractivity contribution is 5.95. The average Bonchev–Trinajstić information content (AvgIpc) is 1.99. The van der Waals surface area contributed by atoms with Gasteiger partial charge in [-0.15, -0.1) is 0 Å². The summed E-state index contributed by atoms with van der Waals surface area (Å²) >= 11 is 0. The van der Waals surface area contributed by atoms with E-state index in [1.807, 2.05) is 0 Å². The number of hydrogen-bond acceptors (Lipinski definition) is 4. The van der Waals surface area contributed by atoms with Crippen LogP contribution in [0.3, 0.4) is 0 Å². The minimum atomic E-state index is 0.208. The van der Waals surface area contributed by atoms with E-state index in [1.54, 1.807) is 12.2 Å². The second-order valence-electron chi connectivity index (χ2n) is 1.53. The van der Waals surface area contributed by atoms with Gasteiger partial charge in [0.05, 0.1) is 5.70 Å². The molecule has 4 N–H and O–H groups in total. The van der Waals surface area contributed by atoms with Gasteiger partial charge in [0.15, 0.2) is 5.84 Å². The highest BCUT2D eigenvalue weighted by Crippen LogP contribution is 1.93. The number of hydrogen-bond donors (Lipinski definition) is 2. The molecule has 0 amide bonds. The molecule has 0 saturated carbocycles. The van der Waals surface area contributed by atoms with Gasteiger partial charge in [-0.3, -0.25) is 0 Å². The summed E-state index contributed by atoms with van der Waals surface area (Å²) < 4.78 is 0. The molecule has 0 aromatic rings. The third kappa shape index (κ3) is 1.22. The fraction of sp³-hybridized carbons (Fsp3) is 0. The van der Waals surface area contributed by atoms with Crippen LogP contribution in [0, 0.1) is 0 Å². The summed E-state index contributed by atoms with van der Waals surface area (Å²) in [6.07, 6.45) is 4.64. The first-order valence-electron chi connectivity index (χ1n) is 2.42. The van der Waals surface area contributed by atoms with Crippen molar-refractivity contribution in [1.82, 2.24) is 0 Å². The molecule has 1 aliphatic rings. The molecule has 1 heterocycles. The monoisotopic (exact) mass is 125 g/mol. The van der Waals surface area contributed by atoms with E-state index in [1.165, 1.54) is 6.26 Å². The second kappa shape index (κ2) is 2.21. The lowest BCUT2D eigenvalue weighted by Gasteiger charge is -1.93. The van der Waals surface area contributed by atoms with Crippen molar-refractivity contribution in [3.63, 3.8) is 0 Å². The van der Waals surface area contributed by atoms with Crippen LogP contribution < -0.4 is 11.5 Å². The first-order chi connectivity index (χ1) is 4.30. The normalized spacial score (nSPS) is 17.3. The standard InChI is InChI=1S/C5H7N3O/c6-4-2-1-3-9-8-5(4)7/h1-3H,6H2,(H2,7,8). The zero-order valence-corrected chi connectivity index (χ0v) is 4.74. The highest BCUT2D eigenvalue weighted by Gasteiger charge is 1.96. The minimum Gasteiger partial charge on any atom is -0.396 e. The van der Waals surface area contributed by atoms with Crippen LogP contribution in [0.15, 0.2) is 29.3 Å². The molecule has 1 rings (SSSR count). The largest absolute Gasteiger partial charge is 0.396 e. The predicted octanol–water partition coefficient (Wildman–Crippen LogP) is -0.355. The van der Waals surface area contributed by atoms with Gasteiger partial charge in [0.25, 0.3) is 0 Å². The third-order valence-corrected chi connectivity index (χ3v) is 0.862. The van der Waals surface area contributed by atoms with E-state index in [0.717, 1.165) is 0 Å². The van der Waals surface area contributed by atoms with Crippen molar-refractivity contribution in [3.8, 4) is 0 Å². The molecule has 9 heavy (non-hydrogen) atoms. The van der Waals surface area contributed by atoms with Gasteiger partial charge >= 0.3 is 0 Å². The topological polar surface area (TPSA) is 73.6 Å². The first-order valence-corrected chi connectivity index (χ1v) is 2.42. The Hall–Kier alpha value is -1.45. The lowest BCUT2D eigenvalue weighted by atomic mass is 10.4. The van der Waals surface area contributed by atoms with Crippen LogP contribution in [0.4, 0.5) is 0 Å². The first kappa shape index (κ1) is 5.68.